The molecule has 4 aliphatic heterocycles. The second-order valence-corrected chi connectivity index (χ2v) is 33.3. The zero-order valence-electron chi connectivity index (χ0n) is 66.0. The lowest BCUT2D eigenvalue weighted by molar-refractivity contribution is -0.184. The lowest BCUT2D eigenvalue weighted by atomic mass is 9.74. The van der Waals surface area contributed by atoms with E-state index in [1.54, 1.807) is 32.9 Å². The van der Waals surface area contributed by atoms with E-state index in [1.807, 2.05) is 13.8 Å². The maximum absolute atomic E-state index is 15.8. The fraction of sp³-hybridized carbons (Fsp3) is 0.818. The van der Waals surface area contributed by atoms with Gasteiger partial charge < -0.3 is 69.5 Å². The summed E-state index contributed by atoms with van der Waals surface area (Å²) in [5.74, 6) is -14.4. The normalized spacial score (nSPS) is 31.8. The number of fused-ring (bicyclic) bond motifs is 3. The average molecular weight is 1590 g/mol. The van der Waals surface area contributed by atoms with Crippen LogP contribution in [-0.2, 0) is 67.0 Å². The zero-order chi connectivity index (χ0) is 81.0. The molecule has 0 radical (unpaired) electrons. The van der Waals surface area contributed by atoms with Gasteiger partial charge in [-0.1, -0.05) is 59.1 Å². The van der Waals surface area contributed by atoms with Crippen LogP contribution < -0.4 is 16.0 Å². The predicted octanol–water partition coefficient (Wildman–Crippen LogP) is 6.44. The van der Waals surface area contributed by atoms with Crippen molar-refractivity contribution in [2.75, 3.05) is 101 Å². The van der Waals surface area contributed by atoms with E-state index in [4.69, 9.17) is 21.1 Å². The summed E-state index contributed by atoms with van der Waals surface area (Å²) in [6.45, 7) is 7.90. The molecule has 3 saturated heterocycles. The number of hydrogen-bond acceptors (Lipinski definition) is 14. The Hall–Kier alpha value is -6.83. The Morgan fingerprint density at radius 2 is 1.29 bits per heavy atom. The molecule has 2 bridgehead atoms. The maximum Gasteiger partial charge on any atom is 0.393 e. The van der Waals surface area contributed by atoms with Crippen molar-refractivity contribution in [3.8, 4) is 0 Å². The van der Waals surface area contributed by atoms with Gasteiger partial charge in [-0.15, -0.1) is 11.6 Å². The lowest BCUT2D eigenvalue weighted by Crippen LogP contribution is -2.68. The highest BCUT2D eigenvalue weighted by atomic mass is 35.5. The Bertz CT molecular complexity index is 3290. The number of nitrogens with one attached hydrogen (secondary N) is 3. The van der Waals surface area contributed by atoms with Crippen molar-refractivity contribution < 1.29 is 93.4 Å². The van der Waals surface area contributed by atoms with E-state index in [2.05, 4.69) is 16.0 Å². The maximum atomic E-state index is 15.8. The smallest absolute Gasteiger partial charge is 0.378 e. The summed E-state index contributed by atoms with van der Waals surface area (Å²) in [5, 5.41) is 7.37. The molecule has 33 heteroatoms. The molecule has 0 aromatic carbocycles. The summed E-state index contributed by atoms with van der Waals surface area (Å²) in [6, 6.07) is -10.9. The first-order chi connectivity index (χ1) is 51.8. The van der Waals surface area contributed by atoms with Gasteiger partial charge in [-0.2, -0.15) is 26.3 Å². The summed E-state index contributed by atoms with van der Waals surface area (Å²) in [4.78, 5) is 194. The highest BCUT2D eigenvalue weighted by molar-refractivity contribution is 6.21. The highest BCUT2D eigenvalue weighted by Crippen LogP contribution is 2.45. The molecule has 13 atom stereocenters. The van der Waals surface area contributed by atoms with Gasteiger partial charge in [0.25, 0.3) is 0 Å². The number of ether oxygens (including phenoxy) is 2. The van der Waals surface area contributed by atoms with Crippen LogP contribution in [0.1, 0.15) is 182 Å². The number of nitrogens with zero attached hydrogens (tertiary/aromatic N) is 9. The Morgan fingerprint density at radius 1 is 0.645 bits per heavy atom. The van der Waals surface area contributed by atoms with Gasteiger partial charge >= 0.3 is 12.4 Å². The molecule has 8 rings (SSSR count). The van der Waals surface area contributed by atoms with Gasteiger partial charge in [0, 0.05) is 86.9 Å². The second-order valence-electron chi connectivity index (χ2n) is 32.8. The number of likely N-dealkylation sites (N-methyl/N-ethyl adjacent to an activating group) is 6. The number of rotatable bonds is 13. The van der Waals surface area contributed by atoms with Crippen molar-refractivity contribution in [3.63, 3.8) is 0 Å². The number of carbonyl (C=O) groups is 12. The third kappa shape index (κ3) is 21.7. The van der Waals surface area contributed by atoms with Crippen LogP contribution in [-0.4, -0.2) is 294 Å². The van der Waals surface area contributed by atoms with Gasteiger partial charge in [0.05, 0.1) is 50.7 Å². The minimum absolute atomic E-state index is 0.0335. The van der Waals surface area contributed by atoms with E-state index in [0.29, 0.717) is 38.5 Å². The molecule has 8 aliphatic rings. The lowest BCUT2D eigenvalue weighted by Gasteiger charge is -2.47. The van der Waals surface area contributed by atoms with Crippen LogP contribution in [0.15, 0.2) is 12.2 Å². The van der Waals surface area contributed by atoms with Gasteiger partial charge in [0.2, 0.25) is 70.9 Å². The minimum Gasteiger partial charge on any atom is -0.378 e. The van der Waals surface area contributed by atoms with Gasteiger partial charge in [0.15, 0.2) is 0 Å². The summed E-state index contributed by atoms with van der Waals surface area (Å²) < 4.78 is 96.6. The van der Waals surface area contributed by atoms with Crippen molar-refractivity contribution >= 4 is 82.5 Å². The highest BCUT2D eigenvalue weighted by Gasteiger charge is 2.55. The Morgan fingerprint density at radius 3 is 1.88 bits per heavy atom. The summed E-state index contributed by atoms with van der Waals surface area (Å²) in [5.41, 5.74) is -1.64. The quantitative estimate of drug-likeness (QED) is 0.102. The van der Waals surface area contributed by atoms with E-state index >= 15 is 43.2 Å². The predicted molar refractivity (Wildman–Crippen MR) is 394 cm³/mol. The molecule has 1 spiro atoms. The first kappa shape index (κ1) is 88.7. The van der Waals surface area contributed by atoms with Crippen molar-refractivity contribution in [3.05, 3.63) is 12.2 Å². The molecular weight excluding hydrogens is 1470 g/mol. The third-order valence-electron chi connectivity index (χ3n) is 24.8. The van der Waals surface area contributed by atoms with Crippen molar-refractivity contribution in [2.45, 2.75) is 260 Å². The Kier molecular flexibility index (Phi) is 31.3. The molecule has 620 valence electrons. The summed E-state index contributed by atoms with van der Waals surface area (Å²) in [7, 11) is 8.25. The molecule has 0 aromatic heterocycles. The van der Waals surface area contributed by atoms with Crippen molar-refractivity contribution in [1.82, 2.24) is 60.0 Å². The van der Waals surface area contributed by atoms with Gasteiger partial charge in [-0.25, -0.2) is 0 Å². The minimum atomic E-state index is -4.57. The number of alkyl halides is 7. The molecule has 4 saturated carbocycles. The standard InChI is InChI=1S/C77H119ClF6N12O14/c1-12-47(5)64-72(106)89(7)45-63(99)90(8)56-22-15-14-18-33-95(71(56)105)60(40-49-23-27-51(28-24-49)76(79,80)81)69(103)88(6)44-61(97)85-55(30-26-48-25-29-53(54(78)39-48)77(82,83)84)68(102)96-43-52(110-13-2)41-58(96)67(101)87-75(31-19-32-75)74(108)93(11)65(50-20-16-17-21-50)73(107)92(10)59(70(104)94-34-36-109-37-35-94)42-62(98)91(9)57(38-46(3)4)66(100)86-64/h14-15,46-60,64-65H,12-13,16-45H2,1-11H3,(H,85,97)(H,86,100)(H,87,101)/b15-14-/t47-,48?,49?,51?,52+,53?,54?,55-,56-,57-,58-,59-,60-,64-,65-/m0/s1. The van der Waals surface area contributed by atoms with Crippen LogP contribution in [0.3, 0.4) is 0 Å². The largest absolute Gasteiger partial charge is 0.393 e. The van der Waals surface area contributed by atoms with Crippen molar-refractivity contribution in [2.24, 2.45) is 41.4 Å². The van der Waals surface area contributed by atoms with E-state index < -0.39 is 204 Å². The number of halogens is 7. The summed E-state index contributed by atoms with van der Waals surface area (Å²) in [6.07, 6.45) is -4.52. The Labute approximate surface area is 648 Å². The van der Waals surface area contributed by atoms with Crippen LogP contribution in [0.2, 0.25) is 0 Å². The second kappa shape index (κ2) is 38.8. The van der Waals surface area contributed by atoms with E-state index in [1.165, 1.54) is 71.7 Å². The van der Waals surface area contributed by atoms with E-state index in [0.717, 1.165) is 14.7 Å². The molecule has 7 fully saturated rings. The average Bonchev–Trinajstić information content (AvgIpc) is 1.12. The molecule has 4 aliphatic carbocycles. The molecule has 12 amide bonds. The molecule has 3 unspecified atom stereocenters. The van der Waals surface area contributed by atoms with E-state index in [9.17, 15) is 40.7 Å². The van der Waals surface area contributed by atoms with Gasteiger partial charge in [0.1, 0.15) is 53.9 Å². The molecule has 26 nitrogen and oxygen atoms in total. The number of morpholine rings is 1. The molecule has 3 N–H and O–H groups in total. The van der Waals surface area contributed by atoms with Crippen LogP contribution in [0.4, 0.5) is 26.3 Å². The number of amides is 12. The molecule has 110 heavy (non-hydrogen) atoms. The fourth-order valence-electron chi connectivity index (χ4n) is 17.6. The van der Waals surface area contributed by atoms with E-state index in [-0.39, 0.29) is 155 Å². The van der Waals surface area contributed by atoms with Crippen molar-refractivity contribution in [1.29, 1.82) is 0 Å². The zero-order valence-corrected chi connectivity index (χ0v) is 66.7. The first-order valence-electron chi connectivity index (χ1n) is 39.8. The van der Waals surface area contributed by atoms with Crippen LogP contribution in [0.25, 0.3) is 0 Å². The fourth-order valence-corrected chi connectivity index (χ4v) is 18.2. The van der Waals surface area contributed by atoms with Gasteiger partial charge in [-0.3, -0.25) is 57.5 Å². The van der Waals surface area contributed by atoms with Crippen LogP contribution in [0, 0.1) is 41.4 Å². The first-order valence-corrected chi connectivity index (χ1v) is 40.2. The number of hydrogen-bond donors (Lipinski definition) is 3. The molecular formula is C77H119ClF6N12O14. The Balaban J connectivity index is 1.20. The molecule has 4 heterocycles. The van der Waals surface area contributed by atoms with Crippen LogP contribution >= 0.6 is 11.6 Å². The topological polar surface area (TPSA) is 289 Å². The monoisotopic (exact) mass is 1580 g/mol. The summed E-state index contributed by atoms with van der Waals surface area (Å²) >= 11 is 6.44. The van der Waals surface area contributed by atoms with Crippen LogP contribution in [0.5, 0.6) is 0 Å². The third-order valence-corrected chi connectivity index (χ3v) is 25.3. The molecule has 0 aromatic rings. The SMILES string of the molecule is CCO[C@@H]1C[C@H]2C(=O)NC3(CCC3)C(=O)N(C)[C@@H](C3CCCC3)C(=O)N(C)[C@H](C(=O)N3CCOCC3)CC(=O)N(C)[C@@H](CC(C)C)C(=O)N[C@@H]([C@@H](C)CC)C(=O)N(C)CC(=O)N(C)[C@H]3C/C=C\CCN(C3=O)[C@@H](CC3CCC(C(F)(F)F)CC3)C(=O)N(C)CC(=O)N[C@@H](CCC3CCC(C(F)(F)F)C(Cl)C3)C(=O)N2C1. The number of carbonyl (C=O) groups excluding carboxylic acids is 12. The van der Waals surface area contributed by atoms with Gasteiger partial charge in [-0.05, 0) is 152 Å².